The van der Waals surface area contributed by atoms with Gasteiger partial charge < -0.3 is 10.5 Å². The molecule has 0 aromatic heterocycles. The summed E-state index contributed by atoms with van der Waals surface area (Å²) in [5.74, 6) is 0.189. The van der Waals surface area contributed by atoms with E-state index in [4.69, 9.17) is 10.5 Å². The van der Waals surface area contributed by atoms with Crippen LogP contribution in [0, 0.1) is 11.7 Å². The summed E-state index contributed by atoms with van der Waals surface area (Å²) in [7, 11) is 0. The molecule has 0 unspecified atom stereocenters. The van der Waals surface area contributed by atoms with Crippen LogP contribution in [0.2, 0.25) is 0 Å². The van der Waals surface area contributed by atoms with Gasteiger partial charge in [0.25, 0.3) is 0 Å². The first-order chi connectivity index (χ1) is 7.68. The van der Waals surface area contributed by atoms with Gasteiger partial charge in [0, 0.05) is 19.3 Å². The van der Waals surface area contributed by atoms with Crippen molar-refractivity contribution in [3.8, 4) is 0 Å². The lowest BCUT2D eigenvalue weighted by Gasteiger charge is -2.28. The van der Waals surface area contributed by atoms with Gasteiger partial charge >= 0.3 is 0 Å². The Morgan fingerprint density at radius 3 is 2.69 bits per heavy atom. The molecule has 1 atom stereocenters. The van der Waals surface area contributed by atoms with Crippen molar-refractivity contribution in [2.75, 3.05) is 13.2 Å². The number of ether oxygens (including phenoxy) is 1. The minimum atomic E-state index is -0.247. The van der Waals surface area contributed by atoms with Crippen LogP contribution in [-0.2, 0) is 4.74 Å². The number of rotatable bonds is 2. The number of hydrogen-bond donors (Lipinski definition) is 1. The van der Waals surface area contributed by atoms with Gasteiger partial charge in [-0.05, 0) is 52.4 Å². The summed E-state index contributed by atoms with van der Waals surface area (Å²) in [4.78, 5) is 0. The number of halogens is 2. The lowest BCUT2D eigenvalue weighted by Crippen LogP contribution is -2.27. The monoisotopic (exact) mass is 287 g/mol. The lowest BCUT2D eigenvalue weighted by atomic mass is 9.88. The highest BCUT2D eigenvalue weighted by molar-refractivity contribution is 9.10. The molecule has 4 heteroatoms. The maximum Gasteiger partial charge on any atom is 0.137 e. The van der Waals surface area contributed by atoms with Crippen molar-refractivity contribution in [1.29, 1.82) is 0 Å². The highest BCUT2D eigenvalue weighted by atomic mass is 79.9. The van der Waals surface area contributed by atoms with Gasteiger partial charge in [0.05, 0.1) is 4.47 Å². The van der Waals surface area contributed by atoms with Crippen LogP contribution in [0.4, 0.5) is 4.39 Å². The molecule has 16 heavy (non-hydrogen) atoms. The zero-order valence-electron chi connectivity index (χ0n) is 8.96. The minimum Gasteiger partial charge on any atom is -0.381 e. The first kappa shape index (κ1) is 12.0. The summed E-state index contributed by atoms with van der Waals surface area (Å²) < 4.78 is 18.9. The van der Waals surface area contributed by atoms with E-state index in [9.17, 15) is 4.39 Å². The van der Waals surface area contributed by atoms with E-state index in [0.29, 0.717) is 10.4 Å². The SMILES string of the molecule is N[C@H](c1ccc(F)c(Br)c1)C1CCOCC1. The molecule has 88 valence electrons. The molecule has 1 fully saturated rings. The van der Waals surface area contributed by atoms with Crippen LogP contribution < -0.4 is 5.73 Å². The zero-order chi connectivity index (χ0) is 11.5. The summed E-state index contributed by atoms with van der Waals surface area (Å²) in [5.41, 5.74) is 7.18. The van der Waals surface area contributed by atoms with Gasteiger partial charge in [-0.25, -0.2) is 4.39 Å². The maximum absolute atomic E-state index is 13.1. The second-order valence-electron chi connectivity index (χ2n) is 4.15. The van der Waals surface area contributed by atoms with Crippen LogP contribution in [0.1, 0.15) is 24.4 Å². The molecule has 2 rings (SSSR count). The summed E-state index contributed by atoms with van der Waals surface area (Å²) in [6, 6.07) is 4.97. The minimum absolute atomic E-state index is 0.0270. The maximum atomic E-state index is 13.1. The molecule has 0 amide bonds. The standard InChI is InChI=1S/C12H15BrFNO/c13-10-7-9(1-2-11(10)14)12(15)8-3-5-16-6-4-8/h1-2,7-8,12H,3-6,15H2/t12-/m0/s1. The van der Waals surface area contributed by atoms with Crippen LogP contribution in [0.3, 0.4) is 0 Å². The fourth-order valence-corrected chi connectivity index (χ4v) is 2.46. The lowest BCUT2D eigenvalue weighted by molar-refractivity contribution is 0.0583. The van der Waals surface area contributed by atoms with Crippen molar-refractivity contribution in [2.24, 2.45) is 11.7 Å². The van der Waals surface area contributed by atoms with Crippen molar-refractivity contribution < 1.29 is 9.13 Å². The third-order valence-corrected chi connectivity index (χ3v) is 3.71. The first-order valence-electron chi connectivity index (χ1n) is 5.47. The normalized spacial score (nSPS) is 19.7. The average molecular weight is 288 g/mol. The second kappa shape index (κ2) is 5.25. The molecular formula is C12H15BrFNO. The molecule has 1 aliphatic heterocycles. The number of nitrogens with two attached hydrogens (primary N) is 1. The summed E-state index contributed by atoms with van der Waals surface area (Å²) in [6.45, 7) is 1.56. The van der Waals surface area contributed by atoms with Gasteiger partial charge in [-0.15, -0.1) is 0 Å². The second-order valence-corrected chi connectivity index (χ2v) is 5.00. The van der Waals surface area contributed by atoms with Crippen molar-refractivity contribution in [3.05, 3.63) is 34.1 Å². The zero-order valence-corrected chi connectivity index (χ0v) is 10.5. The van der Waals surface area contributed by atoms with Crippen molar-refractivity contribution in [3.63, 3.8) is 0 Å². The van der Waals surface area contributed by atoms with E-state index < -0.39 is 0 Å². The third-order valence-electron chi connectivity index (χ3n) is 3.10. The van der Waals surface area contributed by atoms with Crippen LogP contribution in [0.5, 0.6) is 0 Å². The van der Waals surface area contributed by atoms with E-state index in [0.717, 1.165) is 31.6 Å². The third kappa shape index (κ3) is 2.62. The summed E-state index contributed by atoms with van der Waals surface area (Å²) in [5, 5.41) is 0. The Hall–Kier alpha value is -0.450. The number of hydrogen-bond acceptors (Lipinski definition) is 2. The summed E-state index contributed by atoms with van der Waals surface area (Å²) >= 11 is 3.18. The fraction of sp³-hybridized carbons (Fsp3) is 0.500. The van der Waals surface area contributed by atoms with Crippen LogP contribution in [0.25, 0.3) is 0 Å². The molecule has 0 spiro atoms. The van der Waals surface area contributed by atoms with E-state index in [1.54, 1.807) is 12.1 Å². The Morgan fingerprint density at radius 1 is 1.38 bits per heavy atom. The molecule has 0 radical (unpaired) electrons. The Bertz CT molecular complexity index is 366. The van der Waals surface area contributed by atoms with E-state index in [1.807, 2.05) is 0 Å². The number of benzene rings is 1. The van der Waals surface area contributed by atoms with Gasteiger partial charge in [-0.3, -0.25) is 0 Å². The van der Waals surface area contributed by atoms with Crippen LogP contribution >= 0.6 is 15.9 Å². The molecule has 1 aromatic rings. The van der Waals surface area contributed by atoms with Crippen LogP contribution in [0.15, 0.2) is 22.7 Å². The van der Waals surface area contributed by atoms with E-state index >= 15 is 0 Å². The Balaban J connectivity index is 2.12. The molecule has 2 N–H and O–H groups in total. The van der Waals surface area contributed by atoms with Crippen molar-refractivity contribution in [2.45, 2.75) is 18.9 Å². The van der Waals surface area contributed by atoms with Gasteiger partial charge in [0.2, 0.25) is 0 Å². The molecule has 0 aliphatic carbocycles. The molecule has 0 bridgehead atoms. The predicted octanol–water partition coefficient (Wildman–Crippen LogP) is 3.01. The molecule has 1 aliphatic rings. The topological polar surface area (TPSA) is 35.2 Å². The van der Waals surface area contributed by atoms with E-state index in [-0.39, 0.29) is 11.9 Å². The molecule has 1 saturated heterocycles. The van der Waals surface area contributed by atoms with Crippen molar-refractivity contribution >= 4 is 15.9 Å². The van der Waals surface area contributed by atoms with Crippen LogP contribution in [-0.4, -0.2) is 13.2 Å². The quantitative estimate of drug-likeness (QED) is 0.908. The van der Waals surface area contributed by atoms with E-state index in [2.05, 4.69) is 15.9 Å². The average Bonchev–Trinajstić information content (AvgIpc) is 2.33. The molecule has 1 aromatic carbocycles. The first-order valence-corrected chi connectivity index (χ1v) is 6.26. The smallest absolute Gasteiger partial charge is 0.137 e. The largest absolute Gasteiger partial charge is 0.381 e. The van der Waals surface area contributed by atoms with Crippen molar-refractivity contribution in [1.82, 2.24) is 0 Å². The highest BCUT2D eigenvalue weighted by Gasteiger charge is 2.22. The highest BCUT2D eigenvalue weighted by Crippen LogP contribution is 2.30. The van der Waals surface area contributed by atoms with Gasteiger partial charge in [-0.2, -0.15) is 0 Å². The molecule has 2 nitrogen and oxygen atoms in total. The van der Waals surface area contributed by atoms with Gasteiger partial charge in [0.1, 0.15) is 5.82 Å². The van der Waals surface area contributed by atoms with Gasteiger partial charge in [0.15, 0.2) is 0 Å². The predicted molar refractivity (Wildman–Crippen MR) is 64.6 cm³/mol. The Kier molecular flexibility index (Phi) is 3.95. The Morgan fingerprint density at radius 2 is 2.06 bits per heavy atom. The molecule has 1 heterocycles. The fourth-order valence-electron chi connectivity index (χ4n) is 2.07. The Labute approximate surface area is 103 Å². The summed E-state index contributed by atoms with van der Waals surface area (Å²) in [6.07, 6.45) is 1.96. The van der Waals surface area contributed by atoms with Gasteiger partial charge in [-0.1, -0.05) is 6.07 Å². The molecular weight excluding hydrogens is 273 g/mol. The van der Waals surface area contributed by atoms with E-state index in [1.165, 1.54) is 6.07 Å². The molecule has 0 saturated carbocycles.